The van der Waals surface area contributed by atoms with Crippen LogP contribution in [0.5, 0.6) is 0 Å². The first kappa shape index (κ1) is 14.2. The smallest absolute Gasteiger partial charge is 0.399 e. The summed E-state index contributed by atoms with van der Waals surface area (Å²) >= 11 is 0. The van der Waals surface area contributed by atoms with Gasteiger partial charge in [0.2, 0.25) is 0 Å². The first-order chi connectivity index (χ1) is 8.97. The molecule has 0 spiro atoms. The number of anilines is 1. The zero-order chi connectivity index (χ0) is 13.9. The van der Waals surface area contributed by atoms with Gasteiger partial charge in [-0.25, -0.2) is 0 Å². The molecule has 1 aliphatic carbocycles. The van der Waals surface area contributed by atoms with E-state index in [9.17, 15) is 13.2 Å². The maximum absolute atomic E-state index is 12.8. The lowest BCUT2D eigenvalue weighted by Crippen LogP contribution is -2.12. The lowest BCUT2D eigenvalue weighted by molar-refractivity contribution is -0.138. The molecule has 1 saturated carbocycles. The molecule has 0 aliphatic heterocycles. The summed E-state index contributed by atoms with van der Waals surface area (Å²) < 4.78 is 44.0. The summed E-state index contributed by atoms with van der Waals surface area (Å²) in [5.74, 6) is 0.503. The topological polar surface area (TPSA) is 35.2 Å². The Morgan fingerprint density at radius 1 is 1.21 bits per heavy atom. The molecule has 0 aromatic heterocycles. The highest BCUT2D eigenvalue weighted by Gasteiger charge is 2.33. The molecule has 0 bridgehead atoms. The number of hydrogen-bond donors (Lipinski definition) is 1. The van der Waals surface area contributed by atoms with Crippen LogP contribution in [0.2, 0.25) is 0 Å². The Morgan fingerprint density at radius 2 is 1.89 bits per heavy atom. The fourth-order valence-corrected chi connectivity index (χ4v) is 2.50. The van der Waals surface area contributed by atoms with Crippen molar-refractivity contribution in [1.29, 1.82) is 0 Å². The highest BCUT2D eigenvalue weighted by atomic mass is 19.4. The average Bonchev–Trinajstić information content (AvgIpc) is 2.83. The van der Waals surface area contributed by atoms with Gasteiger partial charge in [-0.2, -0.15) is 13.2 Å². The van der Waals surface area contributed by atoms with Gasteiger partial charge in [0.05, 0.1) is 12.2 Å². The summed E-state index contributed by atoms with van der Waals surface area (Å²) in [6.07, 6.45) is 0.247. The number of benzene rings is 1. The normalized spacial score (nSPS) is 17.0. The summed E-state index contributed by atoms with van der Waals surface area (Å²) in [7, 11) is 0. The number of nitrogens with two attached hydrogens (primary N) is 1. The second kappa shape index (κ2) is 5.82. The zero-order valence-corrected chi connectivity index (χ0v) is 10.7. The molecule has 2 N–H and O–H groups in total. The van der Waals surface area contributed by atoms with E-state index in [2.05, 4.69) is 0 Å². The lowest BCUT2D eigenvalue weighted by Gasteiger charge is -2.15. The van der Waals surface area contributed by atoms with E-state index < -0.39 is 11.7 Å². The summed E-state index contributed by atoms with van der Waals surface area (Å²) in [4.78, 5) is 0. The largest absolute Gasteiger partial charge is 0.416 e. The number of hydrogen-bond acceptors (Lipinski definition) is 2. The van der Waals surface area contributed by atoms with Gasteiger partial charge in [-0.3, -0.25) is 0 Å². The Kier molecular flexibility index (Phi) is 4.34. The molecule has 0 saturated heterocycles. The van der Waals surface area contributed by atoms with Gasteiger partial charge in [0.1, 0.15) is 0 Å². The lowest BCUT2D eigenvalue weighted by atomic mass is 10.1. The minimum absolute atomic E-state index is 0.00831. The first-order valence-corrected chi connectivity index (χ1v) is 6.50. The summed E-state index contributed by atoms with van der Waals surface area (Å²) in [6.45, 7) is 0.535. The first-order valence-electron chi connectivity index (χ1n) is 6.50. The molecule has 2 rings (SSSR count). The van der Waals surface area contributed by atoms with Gasteiger partial charge in [0.25, 0.3) is 0 Å². The Balaban J connectivity index is 1.98. The molecule has 0 amide bonds. The molecular formula is C14H18F3NO. The predicted octanol–water partition coefficient (Wildman–Crippen LogP) is 3.99. The molecule has 2 nitrogen and oxygen atoms in total. The molecule has 5 heteroatoms. The Hall–Kier alpha value is -1.23. The standard InChI is InChI=1S/C14H18F3NO/c15-14(16,17)13-7-12(18)6-5-11(13)9-19-8-10-3-1-2-4-10/h5-7,10H,1-4,8-9,18H2. The van der Waals surface area contributed by atoms with Crippen molar-refractivity contribution in [2.75, 3.05) is 12.3 Å². The molecule has 1 aromatic rings. The third kappa shape index (κ3) is 3.86. The molecule has 19 heavy (non-hydrogen) atoms. The number of halogens is 3. The van der Waals surface area contributed by atoms with Gasteiger partial charge in [-0.05, 0) is 36.5 Å². The Labute approximate surface area is 110 Å². The van der Waals surface area contributed by atoms with Crippen LogP contribution in [-0.4, -0.2) is 6.61 Å². The second-order valence-electron chi connectivity index (χ2n) is 5.08. The van der Waals surface area contributed by atoms with Crippen molar-refractivity contribution in [3.8, 4) is 0 Å². The van der Waals surface area contributed by atoms with Crippen LogP contribution in [-0.2, 0) is 17.5 Å². The van der Waals surface area contributed by atoms with Crippen LogP contribution in [0.4, 0.5) is 18.9 Å². The van der Waals surface area contributed by atoms with Crippen LogP contribution < -0.4 is 5.73 Å². The molecule has 1 fully saturated rings. The molecular weight excluding hydrogens is 255 g/mol. The van der Waals surface area contributed by atoms with E-state index in [1.54, 1.807) is 0 Å². The Morgan fingerprint density at radius 3 is 2.53 bits per heavy atom. The molecule has 0 atom stereocenters. The van der Waals surface area contributed by atoms with Crippen molar-refractivity contribution in [3.63, 3.8) is 0 Å². The second-order valence-corrected chi connectivity index (χ2v) is 5.08. The van der Waals surface area contributed by atoms with Crippen molar-refractivity contribution in [3.05, 3.63) is 29.3 Å². The van der Waals surface area contributed by atoms with E-state index in [1.807, 2.05) is 0 Å². The van der Waals surface area contributed by atoms with Crippen LogP contribution in [0.25, 0.3) is 0 Å². The third-order valence-corrected chi connectivity index (χ3v) is 3.53. The van der Waals surface area contributed by atoms with Crippen LogP contribution in [0.1, 0.15) is 36.8 Å². The van der Waals surface area contributed by atoms with E-state index in [1.165, 1.54) is 25.0 Å². The number of ether oxygens (including phenoxy) is 1. The monoisotopic (exact) mass is 273 g/mol. The highest BCUT2D eigenvalue weighted by molar-refractivity contribution is 5.45. The minimum Gasteiger partial charge on any atom is -0.399 e. The number of alkyl halides is 3. The van der Waals surface area contributed by atoms with Crippen LogP contribution in [0, 0.1) is 5.92 Å². The number of rotatable bonds is 4. The average molecular weight is 273 g/mol. The van der Waals surface area contributed by atoms with Gasteiger partial charge in [-0.1, -0.05) is 18.9 Å². The fraction of sp³-hybridized carbons (Fsp3) is 0.571. The van der Waals surface area contributed by atoms with Gasteiger partial charge in [0, 0.05) is 12.3 Å². The molecule has 0 radical (unpaired) electrons. The van der Waals surface area contributed by atoms with E-state index in [4.69, 9.17) is 10.5 Å². The van der Waals surface area contributed by atoms with Crippen LogP contribution >= 0.6 is 0 Å². The zero-order valence-electron chi connectivity index (χ0n) is 10.7. The minimum atomic E-state index is -4.39. The van der Waals surface area contributed by atoms with Crippen molar-refractivity contribution >= 4 is 5.69 Å². The fourth-order valence-electron chi connectivity index (χ4n) is 2.50. The summed E-state index contributed by atoms with van der Waals surface area (Å²) in [5, 5.41) is 0. The molecule has 0 heterocycles. The van der Waals surface area contributed by atoms with Crippen LogP contribution in [0.15, 0.2) is 18.2 Å². The number of nitrogen functional groups attached to an aromatic ring is 1. The van der Waals surface area contributed by atoms with Crippen molar-refractivity contribution in [1.82, 2.24) is 0 Å². The van der Waals surface area contributed by atoms with E-state index in [-0.39, 0.29) is 17.9 Å². The third-order valence-electron chi connectivity index (χ3n) is 3.53. The van der Waals surface area contributed by atoms with E-state index in [0.29, 0.717) is 12.5 Å². The van der Waals surface area contributed by atoms with Crippen molar-refractivity contribution in [2.24, 2.45) is 5.92 Å². The molecule has 1 aliphatic rings. The maximum Gasteiger partial charge on any atom is 0.416 e. The highest BCUT2D eigenvalue weighted by Crippen LogP contribution is 2.34. The van der Waals surface area contributed by atoms with Gasteiger partial charge in [-0.15, -0.1) is 0 Å². The van der Waals surface area contributed by atoms with Crippen molar-refractivity contribution in [2.45, 2.75) is 38.5 Å². The summed E-state index contributed by atoms with van der Waals surface area (Å²) in [6, 6.07) is 3.84. The summed E-state index contributed by atoms with van der Waals surface area (Å²) in [5.41, 5.74) is 4.99. The van der Waals surface area contributed by atoms with Gasteiger partial charge >= 0.3 is 6.18 Å². The van der Waals surface area contributed by atoms with E-state index in [0.717, 1.165) is 18.9 Å². The quantitative estimate of drug-likeness (QED) is 0.842. The Bertz CT molecular complexity index is 425. The van der Waals surface area contributed by atoms with Gasteiger partial charge in [0.15, 0.2) is 0 Å². The molecule has 106 valence electrons. The van der Waals surface area contributed by atoms with Crippen molar-refractivity contribution < 1.29 is 17.9 Å². The molecule has 0 unspecified atom stereocenters. The predicted molar refractivity (Wildman–Crippen MR) is 67.5 cm³/mol. The molecule has 1 aromatic carbocycles. The van der Waals surface area contributed by atoms with Crippen LogP contribution in [0.3, 0.4) is 0 Å². The van der Waals surface area contributed by atoms with E-state index >= 15 is 0 Å². The maximum atomic E-state index is 12.8. The van der Waals surface area contributed by atoms with Gasteiger partial charge < -0.3 is 10.5 Å². The SMILES string of the molecule is Nc1ccc(COCC2CCCC2)c(C(F)(F)F)c1.